The van der Waals surface area contributed by atoms with Gasteiger partial charge in [0.2, 0.25) is 0 Å². The van der Waals surface area contributed by atoms with Crippen molar-refractivity contribution < 1.29 is 0 Å². The van der Waals surface area contributed by atoms with Crippen LogP contribution in [-0.2, 0) is 0 Å². The van der Waals surface area contributed by atoms with Gasteiger partial charge in [-0.1, -0.05) is 152 Å². The highest BCUT2D eigenvalue weighted by molar-refractivity contribution is 6.19. The van der Waals surface area contributed by atoms with Gasteiger partial charge >= 0.3 is 0 Å². The molecule has 0 N–H and O–H groups in total. The van der Waals surface area contributed by atoms with E-state index in [2.05, 4.69) is 245 Å². The van der Waals surface area contributed by atoms with Crippen LogP contribution in [0.15, 0.2) is 231 Å². The Bertz CT molecular complexity index is 3560. The zero-order valence-electron chi connectivity index (χ0n) is 34.4. The van der Waals surface area contributed by atoms with Gasteiger partial charge in [-0.2, -0.15) is 0 Å². The molecule has 1 aliphatic heterocycles. The number of anilines is 2. The third-order valence-corrected chi connectivity index (χ3v) is 13.2. The Morgan fingerprint density at radius 2 is 0.921 bits per heavy atom. The predicted molar refractivity (Wildman–Crippen MR) is 263 cm³/mol. The summed E-state index contributed by atoms with van der Waals surface area (Å²) in [5, 5.41) is 4.96. The topological polar surface area (TPSA) is 26.0 Å². The lowest BCUT2D eigenvalue weighted by Crippen LogP contribution is -2.29. The number of para-hydroxylation sites is 3. The molecule has 0 bridgehead atoms. The molecule has 8 aromatic carbocycles. The number of rotatable bonds is 6. The van der Waals surface area contributed by atoms with Gasteiger partial charge in [0.1, 0.15) is 5.82 Å². The summed E-state index contributed by atoms with van der Waals surface area (Å²) in [4.78, 5) is 7.85. The molecule has 4 heterocycles. The lowest BCUT2D eigenvalue weighted by Gasteiger charge is -2.28. The van der Waals surface area contributed by atoms with Gasteiger partial charge in [-0.05, 0) is 107 Å². The smallest absolute Gasteiger partial charge is 0.134 e. The lowest BCUT2D eigenvalue weighted by atomic mass is 9.89. The molecule has 0 spiro atoms. The van der Waals surface area contributed by atoms with Crippen molar-refractivity contribution in [3.8, 4) is 44.9 Å². The van der Waals surface area contributed by atoms with Crippen LogP contribution in [-0.4, -0.2) is 20.2 Å². The highest BCUT2D eigenvalue weighted by Gasteiger charge is 2.38. The molecule has 2 unspecified atom stereocenters. The van der Waals surface area contributed by atoms with Gasteiger partial charge in [0, 0.05) is 50.1 Å². The highest BCUT2D eigenvalue weighted by Crippen LogP contribution is 2.50. The zero-order chi connectivity index (χ0) is 41.4. The predicted octanol–water partition coefficient (Wildman–Crippen LogP) is 15.0. The van der Waals surface area contributed by atoms with E-state index >= 15 is 0 Å². The third kappa shape index (κ3) is 5.65. The van der Waals surface area contributed by atoms with Crippen molar-refractivity contribution in [3.63, 3.8) is 0 Å². The zero-order valence-corrected chi connectivity index (χ0v) is 34.4. The van der Waals surface area contributed by atoms with Crippen molar-refractivity contribution in [1.82, 2.24) is 14.1 Å². The lowest BCUT2D eigenvalue weighted by molar-refractivity contribution is 0.738. The van der Waals surface area contributed by atoms with E-state index in [4.69, 9.17) is 4.98 Å². The van der Waals surface area contributed by atoms with Crippen molar-refractivity contribution in [3.05, 3.63) is 236 Å². The molecule has 2 atom stereocenters. The van der Waals surface area contributed by atoms with Crippen LogP contribution >= 0.6 is 0 Å². The molecule has 0 fully saturated rings. The average molecular weight is 805 g/mol. The second-order valence-corrected chi connectivity index (χ2v) is 16.7. The molecule has 2 aliphatic rings. The van der Waals surface area contributed by atoms with Crippen LogP contribution in [0.25, 0.3) is 88.5 Å². The van der Waals surface area contributed by atoms with Crippen LogP contribution in [0.5, 0.6) is 0 Å². The minimum absolute atomic E-state index is 0.104. The summed E-state index contributed by atoms with van der Waals surface area (Å²) in [6.45, 7) is 0. The van der Waals surface area contributed by atoms with Gasteiger partial charge in [-0.3, -0.25) is 0 Å². The minimum Gasteiger partial charge on any atom is -0.318 e. The standard InChI is InChI=1S/C59H40N4/c1-5-17-39(18-6-1)43-35-52(40-19-7-2-8-20-40)60-59(36-43)63-54-28-16-14-25-46(54)48-33-41(30-32-56(48)63)42-29-31-55-49(34-42)51-38-57-50(37-58(51)62(55)45-23-11-4-12-24-45)47-26-13-15-27-53(47)61(57)44-21-9-3-10-22-44/h1-38,46,54H. The first-order chi connectivity index (χ1) is 31.2. The fourth-order valence-corrected chi connectivity index (χ4v) is 10.4. The van der Waals surface area contributed by atoms with Gasteiger partial charge in [0.25, 0.3) is 0 Å². The summed E-state index contributed by atoms with van der Waals surface area (Å²) >= 11 is 0. The molecule has 63 heavy (non-hydrogen) atoms. The molecule has 3 aromatic heterocycles. The van der Waals surface area contributed by atoms with E-state index in [-0.39, 0.29) is 12.0 Å². The number of benzene rings is 8. The SMILES string of the molecule is C1=CC2c3cc(-c4ccc5c(c4)c4cc6c(cc4n5-c4ccccc4)c4ccccc4n6-c4ccccc4)ccc3N(c3cc(-c4ccccc4)cc(-c4ccccc4)n3)C2C=C1. The monoisotopic (exact) mass is 804 g/mol. The summed E-state index contributed by atoms with van der Waals surface area (Å²) in [6, 6.07) is 75.0. The number of fused-ring (bicyclic) bond motifs is 9. The number of allylic oxidation sites excluding steroid dienone is 2. The van der Waals surface area contributed by atoms with E-state index in [0.717, 1.165) is 34.0 Å². The maximum absolute atomic E-state index is 5.40. The Hall–Kier alpha value is -8.21. The van der Waals surface area contributed by atoms with E-state index < -0.39 is 0 Å². The molecule has 4 heteroatoms. The summed E-state index contributed by atoms with van der Waals surface area (Å²) in [7, 11) is 0. The number of nitrogens with zero attached hydrogens (tertiary/aromatic N) is 4. The molecule has 0 saturated carbocycles. The number of hydrogen-bond acceptors (Lipinski definition) is 2. The van der Waals surface area contributed by atoms with Crippen LogP contribution in [0.3, 0.4) is 0 Å². The second kappa shape index (κ2) is 14.2. The average Bonchev–Trinajstić information content (AvgIpc) is 3.99. The third-order valence-electron chi connectivity index (χ3n) is 13.2. The van der Waals surface area contributed by atoms with Crippen molar-refractivity contribution in [1.29, 1.82) is 0 Å². The molecule has 13 rings (SSSR count). The first kappa shape index (κ1) is 35.5. The van der Waals surface area contributed by atoms with E-state index in [1.165, 1.54) is 71.6 Å². The van der Waals surface area contributed by atoms with E-state index in [1.54, 1.807) is 0 Å². The van der Waals surface area contributed by atoms with Crippen molar-refractivity contribution in [2.45, 2.75) is 12.0 Å². The molecule has 0 amide bonds. The van der Waals surface area contributed by atoms with Crippen LogP contribution in [0, 0.1) is 0 Å². The first-order valence-corrected chi connectivity index (χ1v) is 21.8. The summed E-state index contributed by atoms with van der Waals surface area (Å²) in [6.07, 6.45) is 9.08. The molecule has 11 aromatic rings. The summed E-state index contributed by atoms with van der Waals surface area (Å²) in [5.74, 6) is 1.13. The number of pyridine rings is 1. The van der Waals surface area contributed by atoms with Crippen LogP contribution in [0.2, 0.25) is 0 Å². The maximum Gasteiger partial charge on any atom is 0.134 e. The van der Waals surface area contributed by atoms with Crippen molar-refractivity contribution in [2.75, 3.05) is 4.90 Å². The van der Waals surface area contributed by atoms with Gasteiger partial charge in [-0.15, -0.1) is 0 Å². The second-order valence-electron chi connectivity index (χ2n) is 16.7. The van der Waals surface area contributed by atoms with E-state index in [0.29, 0.717) is 0 Å². The van der Waals surface area contributed by atoms with Crippen molar-refractivity contribution in [2.24, 2.45) is 0 Å². The van der Waals surface area contributed by atoms with Gasteiger partial charge in [0.15, 0.2) is 0 Å². The fourth-order valence-electron chi connectivity index (χ4n) is 10.4. The molecule has 296 valence electrons. The Labute approximate surface area is 365 Å². The van der Waals surface area contributed by atoms with Crippen LogP contribution in [0.1, 0.15) is 11.5 Å². The van der Waals surface area contributed by atoms with Gasteiger partial charge in [-0.25, -0.2) is 4.98 Å². The largest absolute Gasteiger partial charge is 0.318 e. The summed E-state index contributed by atoms with van der Waals surface area (Å²) < 4.78 is 4.86. The van der Waals surface area contributed by atoms with Crippen LogP contribution in [0.4, 0.5) is 11.5 Å². The van der Waals surface area contributed by atoms with E-state index in [1.807, 2.05) is 0 Å². The Kier molecular flexibility index (Phi) is 8.00. The molecule has 0 saturated heterocycles. The Morgan fingerprint density at radius 1 is 0.365 bits per heavy atom. The normalized spacial score (nSPS) is 15.5. The summed E-state index contributed by atoms with van der Waals surface area (Å²) in [5.41, 5.74) is 16.4. The van der Waals surface area contributed by atoms with Gasteiger partial charge in [0.05, 0.1) is 33.8 Å². The minimum atomic E-state index is 0.104. The molecular weight excluding hydrogens is 765 g/mol. The highest BCUT2D eigenvalue weighted by atomic mass is 15.2. The molecular formula is C59H40N4. The van der Waals surface area contributed by atoms with Gasteiger partial charge < -0.3 is 14.0 Å². The first-order valence-electron chi connectivity index (χ1n) is 21.8. The Morgan fingerprint density at radius 3 is 1.63 bits per heavy atom. The van der Waals surface area contributed by atoms with E-state index in [9.17, 15) is 0 Å². The Balaban J connectivity index is 0.994. The fraction of sp³-hybridized carbons (Fsp3) is 0.0339. The molecule has 1 aliphatic carbocycles. The number of aromatic nitrogens is 3. The quantitative estimate of drug-likeness (QED) is 0.167. The van der Waals surface area contributed by atoms with Crippen molar-refractivity contribution >= 4 is 55.1 Å². The maximum atomic E-state index is 5.40. The van der Waals surface area contributed by atoms with Crippen LogP contribution < -0.4 is 4.90 Å². The number of hydrogen-bond donors (Lipinski definition) is 0. The molecule has 0 radical (unpaired) electrons. The molecule has 4 nitrogen and oxygen atoms in total.